The zero-order valence-corrected chi connectivity index (χ0v) is 15.3. The van der Waals surface area contributed by atoms with Crippen LogP contribution >= 0.6 is 22.9 Å². The number of benzene rings is 1. The van der Waals surface area contributed by atoms with E-state index in [-0.39, 0.29) is 24.3 Å². The van der Waals surface area contributed by atoms with Crippen molar-refractivity contribution in [1.82, 2.24) is 14.9 Å². The van der Waals surface area contributed by atoms with Crippen LogP contribution in [0.1, 0.15) is 24.3 Å². The summed E-state index contributed by atoms with van der Waals surface area (Å²) in [5.41, 5.74) is 1.58. The molecule has 8 heteroatoms. The van der Waals surface area contributed by atoms with E-state index in [4.69, 9.17) is 11.6 Å². The number of nitrogens with zero attached hydrogens (tertiary/aromatic N) is 2. The number of hydrogen-bond acceptors (Lipinski definition) is 4. The van der Waals surface area contributed by atoms with Crippen molar-refractivity contribution < 1.29 is 9.59 Å². The maximum Gasteiger partial charge on any atom is 0.229 e. The molecule has 0 bridgehead atoms. The minimum Gasteiger partial charge on any atom is -0.348 e. The Morgan fingerprint density at radius 3 is 2.84 bits per heavy atom. The predicted molar refractivity (Wildman–Crippen MR) is 99.8 cm³/mol. The molecule has 2 heterocycles. The number of fused-ring (bicyclic) bond motifs is 1. The van der Waals surface area contributed by atoms with E-state index >= 15 is 0 Å². The minimum atomic E-state index is -0.360. The van der Waals surface area contributed by atoms with Crippen LogP contribution in [0.2, 0.25) is 5.02 Å². The number of carbonyl (C=O) groups is 2. The van der Waals surface area contributed by atoms with E-state index in [1.165, 1.54) is 18.3 Å². The average molecular weight is 377 g/mol. The average Bonchev–Trinajstić information content (AvgIpc) is 3.15. The molecule has 6 nitrogen and oxygen atoms in total. The molecule has 3 aromatic rings. The number of hydrogen-bond donors (Lipinski definition) is 2. The lowest BCUT2D eigenvalue weighted by Crippen LogP contribution is -2.29. The summed E-state index contributed by atoms with van der Waals surface area (Å²) in [7, 11) is 1.82. The number of imidazole rings is 1. The highest BCUT2D eigenvalue weighted by molar-refractivity contribution is 7.10. The third-order valence-electron chi connectivity index (χ3n) is 3.75. The lowest BCUT2D eigenvalue weighted by molar-refractivity contribution is -0.120. The van der Waals surface area contributed by atoms with Crippen LogP contribution in [0.3, 0.4) is 0 Å². The summed E-state index contributed by atoms with van der Waals surface area (Å²) in [6.07, 6.45) is 0.129. The summed E-state index contributed by atoms with van der Waals surface area (Å²) in [5, 5.41) is 8.13. The van der Waals surface area contributed by atoms with Crippen LogP contribution in [0.5, 0.6) is 0 Å². The Bertz CT molecular complexity index is 920. The number of aromatic nitrogens is 2. The van der Waals surface area contributed by atoms with E-state index in [0.29, 0.717) is 16.5 Å². The van der Waals surface area contributed by atoms with Gasteiger partial charge in [0.05, 0.1) is 23.5 Å². The molecule has 2 amide bonds. The lowest BCUT2D eigenvalue weighted by Gasteiger charge is -2.16. The van der Waals surface area contributed by atoms with Crippen LogP contribution < -0.4 is 10.6 Å². The second kappa shape index (κ2) is 7.25. The molecular formula is C17H17ClN4O2S. The number of rotatable bonds is 5. The first-order valence-corrected chi connectivity index (χ1v) is 8.92. The first-order chi connectivity index (χ1) is 11.9. The van der Waals surface area contributed by atoms with Crippen molar-refractivity contribution in [2.75, 3.05) is 5.32 Å². The molecule has 25 heavy (non-hydrogen) atoms. The zero-order valence-electron chi connectivity index (χ0n) is 13.7. The second-order valence-electron chi connectivity index (χ2n) is 5.65. The number of carbonyl (C=O) groups excluding carboxylic acids is 2. The highest BCUT2D eigenvalue weighted by Gasteiger charge is 2.19. The molecule has 0 spiro atoms. The summed E-state index contributed by atoms with van der Waals surface area (Å²) in [4.78, 5) is 29.2. The van der Waals surface area contributed by atoms with Gasteiger partial charge in [0.15, 0.2) is 0 Å². The van der Waals surface area contributed by atoms with E-state index in [1.54, 1.807) is 16.7 Å². The Kier molecular flexibility index (Phi) is 5.06. The fourth-order valence-corrected chi connectivity index (χ4v) is 3.55. The van der Waals surface area contributed by atoms with Crippen LogP contribution in [-0.4, -0.2) is 21.4 Å². The summed E-state index contributed by atoms with van der Waals surface area (Å²) < 4.78 is 1.79. The van der Waals surface area contributed by atoms with E-state index < -0.39 is 0 Å². The monoisotopic (exact) mass is 376 g/mol. The van der Waals surface area contributed by atoms with Gasteiger partial charge >= 0.3 is 0 Å². The van der Waals surface area contributed by atoms with Gasteiger partial charge in [-0.1, -0.05) is 17.7 Å². The SMILES string of the molecule is CC(=O)N[C@H](CC(=O)Nc1nc2cc(Cl)ccc2n1C)c1cccs1. The molecule has 0 unspecified atom stereocenters. The molecule has 130 valence electrons. The van der Waals surface area contributed by atoms with Crippen LogP contribution in [0.25, 0.3) is 11.0 Å². The summed E-state index contributed by atoms with van der Waals surface area (Å²) in [6, 6.07) is 8.81. The normalized spacial score (nSPS) is 12.1. The molecule has 0 aliphatic carbocycles. The summed E-state index contributed by atoms with van der Waals surface area (Å²) in [5.74, 6) is 0.0373. The van der Waals surface area contributed by atoms with Crippen LogP contribution in [0.4, 0.5) is 5.95 Å². The highest BCUT2D eigenvalue weighted by Crippen LogP contribution is 2.24. The molecule has 2 aromatic heterocycles. The maximum atomic E-state index is 12.5. The van der Waals surface area contributed by atoms with Crippen molar-refractivity contribution in [3.63, 3.8) is 0 Å². The fraction of sp³-hybridized carbons (Fsp3) is 0.235. The van der Waals surface area contributed by atoms with Crippen molar-refractivity contribution >= 4 is 51.7 Å². The van der Waals surface area contributed by atoms with E-state index in [2.05, 4.69) is 15.6 Å². The number of thiophene rings is 1. The van der Waals surface area contributed by atoms with Gasteiger partial charge in [-0.3, -0.25) is 14.9 Å². The minimum absolute atomic E-state index is 0.129. The highest BCUT2D eigenvalue weighted by atomic mass is 35.5. The fourth-order valence-electron chi connectivity index (χ4n) is 2.60. The largest absolute Gasteiger partial charge is 0.348 e. The van der Waals surface area contributed by atoms with Gasteiger partial charge in [0, 0.05) is 23.9 Å². The molecule has 0 saturated heterocycles. The first-order valence-electron chi connectivity index (χ1n) is 7.66. The quantitative estimate of drug-likeness (QED) is 0.715. The Morgan fingerprint density at radius 1 is 1.36 bits per heavy atom. The van der Waals surface area contributed by atoms with Gasteiger partial charge < -0.3 is 9.88 Å². The lowest BCUT2D eigenvalue weighted by atomic mass is 10.1. The van der Waals surface area contributed by atoms with E-state index in [1.807, 2.05) is 30.6 Å². The summed E-state index contributed by atoms with van der Waals surface area (Å²) >= 11 is 7.48. The van der Waals surface area contributed by atoms with Gasteiger partial charge in [0.2, 0.25) is 17.8 Å². The zero-order chi connectivity index (χ0) is 18.0. The molecule has 0 aliphatic heterocycles. The molecule has 2 N–H and O–H groups in total. The number of halogens is 1. The van der Waals surface area contributed by atoms with Gasteiger partial charge in [-0.2, -0.15) is 0 Å². The van der Waals surface area contributed by atoms with E-state index in [0.717, 1.165) is 10.4 Å². The number of anilines is 1. The standard InChI is InChI=1S/C17H17ClN4O2S/c1-10(23)19-13(15-4-3-7-25-15)9-16(24)21-17-20-12-8-11(18)5-6-14(12)22(17)2/h3-8,13H,9H2,1-2H3,(H,19,23)(H,20,21,24)/t13-/m1/s1. The molecule has 1 aromatic carbocycles. The van der Waals surface area contributed by atoms with Gasteiger partial charge in [0.1, 0.15) is 0 Å². The van der Waals surface area contributed by atoms with E-state index in [9.17, 15) is 9.59 Å². The van der Waals surface area contributed by atoms with Crippen molar-refractivity contribution in [2.24, 2.45) is 7.05 Å². The third-order valence-corrected chi connectivity index (χ3v) is 4.97. The molecular weight excluding hydrogens is 360 g/mol. The van der Waals surface area contributed by atoms with Crippen molar-refractivity contribution in [3.8, 4) is 0 Å². The Hall–Kier alpha value is -2.38. The van der Waals surface area contributed by atoms with Crippen molar-refractivity contribution in [3.05, 3.63) is 45.6 Å². The van der Waals surface area contributed by atoms with Gasteiger partial charge in [-0.05, 0) is 29.6 Å². The second-order valence-corrected chi connectivity index (χ2v) is 7.06. The molecule has 1 atom stereocenters. The number of amides is 2. The van der Waals surface area contributed by atoms with Gasteiger partial charge in [-0.25, -0.2) is 4.98 Å². The Labute approximate surface area is 153 Å². The third kappa shape index (κ3) is 4.00. The Balaban J connectivity index is 1.77. The topological polar surface area (TPSA) is 76.0 Å². The Morgan fingerprint density at radius 2 is 2.16 bits per heavy atom. The van der Waals surface area contributed by atoms with Crippen LogP contribution in [0.15, 0.2) is 35.7 Å². The van der Waals surface area contributed by atoms with Crippen LogP contribution in [0, 0.1) is 0 Å². The number of aryl methyl sites for hydroxylation is 1. The van der Waals surface area contributed by atoms with Crippen molar-refractivity contribution in [1.29, 1.82) is 0 Å². The molecule has 0 fully saturated rings. The molecule has 0 radical (unpaired) electrons. The molecule has 0 aliphatic rings. The molecule has 3 rings (SSSR count). The predicted octanol–water partition coefficient (Wildman–Crippen LogP) is 3.49. The van der Waals surface area contributed by atoms with Crippen LogP contribution in [-0.2, 0) is 16.6 Å². The van der Waals surface area contributed by atoms with Crippen molar-refractivity contribution in [2.45, 2.75) is 19.4 Å². The first kappa shape index (κ1) is 17.4. The smallest absolute Gasteiger partial charge is 0.229 e. The molecule has 0 saturated carbocycles. The van der Waals surface area contributed by atoms with Gasteiger partial charge in [0.25, 0.3) is 0 Å². The maximum absolute atomic E-state index is 12.5. The van der Waals surface area contributed by atoms with Gasteiger partial charge in [-0.15, -0.1) is 11.3 Å². The number of nitrogens with one attached hydrogen (secondary N) is 2. The summed E-state index contributed by atoms with van der Waals surface area (Å²) in [6.45, 7) is 1.44.